The first-order chi connectivity index (χ1) is 40.0. The number of esters is 2. The Morgan fingerprint density at radius 3 is 1.14 bits per heavy atom. The van der Waals surface area contributed by atoms with Crippen molar-refractivity contribution < 1.29 is 102 Å². The molecular formula is C61H56F10N2O12. The molecule has 0 radical (unpaired) electrons. The maximum Gasteiger partial charge on any atom is 0.453 e. The molecule has 452 valence electrons. The molecule has 0 amide bonds. The summed E-state index contributed by atoms with van der Waals surface area (Å²) in [7, 11) is 2.43. The number of aliphatic hydroxyl groups is 2. The highest BCUT2D eigenvalue weighted by Crippen LogP contribution is 2.42. The minimum absolute atomic E-state index is 0.0319. The number of rotatable bonds is 28. The van der Waals surface area contributed by atoms with E-state index in [0.717, 1.165) is 12.2 Å². The van der Waals surface area contributed by atoms with Crippen LogP contribution in [0.25, 0.3) is 12.2 Å². The van der Waals surface area contributed by atoms with Crippen molar-refractivity contribution in [2.75, 3.05) is 38.9 Å². The van der Waals surface area contributed by atoms with Gasteiger partial charge in [-0.05, 0) is 145 Å². The van der Waals surface area contributed by atoms with Crippen LogP contribution in [0.3, 0.4) is 0 Å². The zero-order chi connectivity index (χ0) is 62.3. The van der Waals surface area contributed by atoms with Gasteiger partial charge in [0.25, 0.3) is 0 Å². The van der Waals surface area contributed by atoms with E-state index in [4.69, 9.17) is 39.9 Å². The second-order valence-electron chi connectivity index (χ2n) is 19.3. The lowest BCUT2D eigenvalue weighted by molar-refractivity contribution is -0.284. The van der Waals surface area contributed by atoms with E-state index in [2.05, 4.69) is 0 Å². The predicted molar refractivity (Wildman–Crippen MR) is 292 cm³/mol. The Kier molecular flexibility index (Phi) is 21.6. The SMILES string of the molecule is COc1cc(C(=O)Oc2ccc(/C=C/C(=O)C(O)C(Cc3ccc(N)cc3)(Cc3ccc(N)cc3)C(O)C(=O)/C=C/c3ccc(OC(=O)c4ccc(OCCCC(F)(F)C(F)(F)F)c(OC)c4)cc3)cc2)ccc1OCCCC(F)(F)C(F)(F)F. The second kappa shape index (κ2) is 28.1. The number of methoxy groups -OCH3 is 2. The number of hydrogen-bond acceptors (Lipinski definition) is 14. The molecule has 0 spiro atoms. The summed E-state index contributed by atoms with van der Waals surface area (Å²) in [5.74, 6) is -13.4. The number of benzene rings is 6. The van der Waals surface area contributed by atoms with Crippen LogP contribution >= 0.6 is 0 Å². The van der Waals surface area contributed by atoms with E-state index in [0.29, 0.717) is 33.6 Å². The molecule has 14 nitrogen and oxygen atoms in total. The molecule has 2 atom stereocenters. The predicted octanol–water partition coefficient (Wildman–Crippen LogP) is 12.1. The van der Waals surface area contributed by atoms with Crippen LogP contribution in [-0.2, 0) is 22.4 Å². The number of alkyl halides is 10. The Bertz CT molecular complexity index is 3100. The average molecular weight is 1200 g/mol. The molecule has 0 saturated heterocycles. The van der Waals surface area contributed by atoms with Gasteiger partial charge in [0, 0.05) is 29.6 Å². The average Bonchev–Trinajstić information content (AvgIpc) is 2.93. The Morgan fingerprint density at radius 2 is 0.824 bits per heavy atom. The first kappa shape index (κ1) is 65.3. The molecule has 24 heteroatoms. The van der Waals surface area contributed by atoms with E-state index >= 15 is 0 Å². The number of carbonyl (C=O) groups is 4. The van der Waals surface area contributed by atoms with Gasteiger partial charge in [-0.2, -0.15) is 43.9 Å². The summed E-state index contributed by atoms with van der Waals surface area (Å²) in [4.78, 5) is 54.6. The molecule has 0 aliphatic heterocycles. The normalized spacial score (nSPS) is 13.1. The first-order valence-corrected chi connectivity index (χ1v) is 25.7. The summed E-state index contributed by atoms with van der Waals surface area (Å²) in [5, 5.41) is 24.5. The fourth-order valence-electron chi connectivity index (χ4n) is 8.43. The molecular weight excluding hydrogens is 1140 g/mol. The van der Waals surface area contributed by atoms with Gasteiger partial charge in [-0.25, -0.2) is 9.59 Å². The zero-order valence-corrected chi connectivity index (χ0v) is 45.2. The topological polar surface area (TPSA) is 216 Å². The molecule has 2 unspecified atom stereocenters. The van der Waals surface area contributed by atoms with Crippen molar-refractivity contribution in [3.63, 3.8) is 0 Å². The highest BCUT2D eigenvalue weighted by Gasteiger charge is 2.57. The third-order valence-electron chi connectivity index (χ3n) is 13.1. The molecule has 0 heterocycles. The molecule has 6 aromatic rings. The van der Waals surface area contributed by atoms with Crippen molar-refractivity contribution >= 4 is 47.0 Å². The molecule has 0 fully saturated rings. The third-order valence-corrected chi connectivity index (χ3v) is 13.1. The number of anilines is 2. The monoisotopic (exact) mass is 1200 g/mol. The number of carbonyl (C=O) groups excluding carboxylic acids is 4. The lowest BCUT2D eigenvalue weighted by atomic mass is 9.66. The Hall–Kier alpha value is -8.90. The van der Waals surface area contributed by atoms with Gasteiger partial charge in [0.15, 0.2) is 34.6 Å². The summed E-state index contributed by atoms with van der Waals surface area (Å²) in [6, 6.07) is 31.6. The Balaban J connectivity index is 1.15. The van der Waals surface area contributed by atoms with Crippen molar-refractivity contribution in [3.8, 4) is 34.5 Å². The van der Waals surface area contributed by atoms with Crippen LogP contribution in [0.15, 0.2) is 146 Å². The molecule has 6 aromatic carbocycles. The maximum atomic E-state index is 14.2. The Morgan fingerprint density at radius 1 is 0.482 bits per heavy atom. The second-order valence-corrected chi connectivity index (χ2v) is 19.3. The highest BCUT2D eigenvalue weighted by atomic mass is 19.4. The molecule has 0 aromatic heterocycles. The number of halogens is 10. The van der Waals surface area contributed by atoms with Crippen LogP contribution in [0.4, 0.5) is 55.3 Å². The number of ether oxygens (including phenoxy) is 6. The van der Waals surface area contributed by atoms with Gasteiger partial charge in [0.1, 0.15) is 23.7 Å². The maximum absolute atomic E-state index is 14.2. The fraction of sp³-hybridized carbons (Fsp3) is 0.279. The van der Waals surface area contributed by atoms with Gasteiger partial charge < -0.3 is 50.1 Å². The van der Waals surface area contributed by atoms with Crippen molar-refractivity contribution in [2.24, 2.45) is 5.41 Å². The highest BCUT2D eigenvalue weighted by molar-refractivity contribution is 6.01. The zero-order valence-electron chi connectivity index (χ0n) is 45.2. The summed E-state index contributed by atoms with van der Waals surface area (Å²) < 4.78 is 160. The van der Waals surface area contributed by atoms with E-state index < -0.39 is 104 Å². The molecule has 0 aliphatic rings. The van der Waals surface area contributed by atoms with Gasteiger partial charge in [-0.3, -0.25) is 9.59 Å². The van der Waals surface area contributed by atoms with Crippen LogP contribution in [0.5, 0.6) is 34.5 Å². The van der Waals surface area contributed by atoms with Crippen molar-refractivity contribution in [1.82, 2.24) is 0 Å². The van der Waals surface area contributed by atoms with E-state index in [9.17, 15) is 73.3 Å². The number of aliphatic hydroxyl groups excluding tert-OH is 2. The number of nitrogen functional groups attached to an aromatic ring is 2. The van der Waals surface area contributed by atoms with E-state index in [-0.39, 0.29) is 58.5 Å². The Labute approximate surface area is 480 Å². The van der Waals surface area contributed by atoms with Gasteiger partial charge in [0.05, 0.1) is 38.6 Å². The summed E-state index contributed by atoms with van der Waals surface area (Å²) in [5.41, 5.74) is 12.4. The van der Waals surface area contributed by atoms with Gasteiger partial charge in [-0.15, -0.1) is 0 Å². The lowest BCUT2D eigenvalue weighted by Crippen LogP contribution is -2.54. The quantitative estimate of drug-likeness (QED) is 0.00898. The van der Waals surface area contributed by atoms with Crippen LogP contribution in [0.2, 0.25) is 0 Å². The first-order valence-electron chi connectivity index (χ1n) is 25.7. The van der Waals surface area contributed by atoms with Gasteiger partial charge >= 0.3 is 36.1 Å². The molecule has 6 rings (SSSR count). The number of ketones is 2. The fourth-order valence-corrected chi connectivity index (χ4v) is 8.43. The minimum atomic E-state index is -5.71. The summed E-state index contributed by atoms with van der Waals surface area (Å²) in [6.45, 7) is -1.02. The number of hydrogen-bond donors (Lipinski definition) is 4. The van der Waals surface area contributed by atoms with Gasteiger partial charge in [0.2, 0.25) is 0 Å². The van der Waals surface area contributed by atoms with Crippen molar-refractivity contribution in [3.05, 3.63) is 179 Å². The van der Waals surface area contributed by atoms with Crippen LogP contribution in [-0.4, -0.2) is 97.6 Å². The standard InChI is InChI=1S/C61H56F10N2O12/c1-80-51-33-41(15-27-49(51)82-31-3-29-58(62,63)60(66,67)68)55(78)84-45-21-9-37(10-22-45)13-25-47(74)53(76)57(35-39-5-17-43(72)18-6-39,36-40-7-19-44(73)20-8-40)54(77)48(75)26-14-38-11-23-46(24-12-38)85-56(79)42-16-28-50(52(34-42)81-2)83-32-4-30-59(64,65)61(69,70)71/h5-28,33-34,53-54,76-77H,3-4,29-32,35-36,72-73H2,1-2H3/b25-13+,26-14+. The molecule has 0 saturated carbocycles. The van der Waals surface area contributed by atoms with Crippen LogP contribution < -0.4 is 39.9 Å². The minimum Gasteiger partial charge on any atom is -0.493 e. The third kappa shape index (κ3) is 17.6. The lowest BCUT2D eigenvalue weighted by Gasteiger charge is -2.40. The molecule has 0 bridgehead atoms. The van der Waals surface area contributed by atoms with Gasteiger partial charge in [-0.1, -0.05) is 60.7 Å². The largest absolute Gasteiger partial charge is 0.493 e. The van der Waals surface area contributed by atoms with E-state index in [1.54, 1.807) is 48.5 Å². The number of nitrogens with two attached hydrogens (primary N) is 2. The molecule has 6 N–H and O–H groups in total. The molecule has 0 aliphatic carbocycles. The van der Waals surface area contributed by atoms with E-state index in [1.165, 1.54) is 111 Å². The van der Waals surface area contributed by atoms with Crippen molar-refractivity contribution in [2.45, 2.75) is 74.9 Å². The summed E-state index contributed by atoms with van der Waals surface area (Å²) >= 11 is 0. The van der Waals surface area contributed by atoms with Crippen LogP contribution in [0.1, 0.15) is 68.7 Å². The van der Waals surface area contributed by atoms with E-state index in [1.807, 2.05) is 0 Å². The van der Waals surface area contributed by atoms with Crippen LogP contribution in [0, 0.1) is 5.41 Å². The van der Waals surface area contributed by atoms with Crippen molar-refractivity contribution in [1.29, 1.82) is 0 Å². The summed E-state index contributed by atoms with van der Waals surface area (Å²) in [6.07, 6.45) is -15.5. The smallest absolute Gasteiger partial charge is 0.453 e. The molecule has 85 heavy (non-hydrogen) atoms.